The van der Waals surface area contributed by atoms with Gasteiger partial charge >= 0.3 is 0 Å². The van der Waals surface area contributed by atoms with Gasteiger partial charge in [0.1, 0.15) is 5.75 Å². The molecule has 0 aliphatic carbocycles. The number of carbonyl (C=O) groups is 1. The fourth-order valence-electron chi connectivity index (χ4n) is 1.51. The number of aryl methyl sites for hydroxylation is 1. The number of rotatable bonds is 6. The van der Waals surface area contributed by atoms with E-state index in [-0.39, 0.29) is 11.7 Å². The van der Waals surface area contributed by atoms with E-state index >= 15 is 0 Å². The predicted octanol–water partition coefficient (Wildman–Crippen LogP) is 2.02. The fraction of sp³-hybridized carbons (Fsp3) is 0.500. The fourth-order valence-corrected chi connectivity index (χ4v) is 2.68. The van der Waals surface area contributed by atoms with Crippen molar-refractivity contribution in [2.45, 2.75) is 26.5 Å². The van der Waals surface area contributed by atoms with Crippen molar-refractivity contribution in [1.29, 1.82) is 0 Å². The molecule has 1 N–H and O–H groups in total. The second-order valence-corrected chi connectivity index (χ2v) is 6.31. The van der Waals surface area contributed by atoms with Gasteiger partial charge in [-0.25, -0.2) is 0 Å². The number of hydrogen-bond acceptors (Lipinski definition) is 2. The Morgan fingerprint density at radius 2 is 2.00 bits per heavy atom. The molecule has 1 amide bonds. The Morgan fingerprint density at radius 1 is 1.33 bits per heavy atom. The van der Waals surface area contributed by atoms with E-state index < -0.39 is 10.8 Å². The van der Waals surface area contributed by atoms with Crippen LogP contribution in [0.25, 0.3) is 0 Å². The highest BCUT2D eigenvalue weighted by molar-refractivity contribution is 7.84. The maximum atomic E-state index is 11.9. The molecule has 0 saturated carbocycles. The van der Waals surface area contributed by atoms with E-state index in [1.54, 1.807) is 0 Å². The largest absolute Gasteiger partial charge is 0.355 e. The normalized spacial score (nSPS) is 12.4. The minimum atomic E-state index is -1.14. The van der Waals surface area contributed by atoms with Crippen LogP contribution in [0.5, 0.6) is 0 Å². The first-order chi connectivity index (χ1) is 8.49. The van der Waals surface area contributed by atoms with Crippen LogP contribution in [0.15, 0.2) is 24.3 Å². The lowest BCUT2D eigenvalue weighted by Gasteiger charge is -2.08. The molecule has 0 saturated heterocycles. The lowest BCUT2D eigenvalue weighted by molar-refractivity contribution is -0.118. The van der Waals surface area contributed by atoms with Crippen molar-refractivity contribution >= 4 is 16.7 Å². The van der Waals surface area contributed by atoms with Crippen LogP contribution in [0.4, 0.5) is 0 Å². The van der Waals surface area contributed by atoms with Gasteiger partial charge in [0.25, 0.3) is 0 Å². The van der Waals surface area contributed by atoms with Crippen LogP contribution < -0.4 is 5.32 Å². The molecule has 0 fully saturated rings. The molecule has 1 rings (SSSR count). The Morgan fingerprint density at radius 3 is 2.61 bits per heavy atom. The average Bonchev–Trinajstić information content (AvgIpc) is 2.29. The first-order valence-corrected chi connectivity index (χ1v) is 7.64. The lowest BCUT2D eigenvalue weighted by Crippen LogP contribution is -2.31. The van der Waals surface area contributed by atoms with E-state index in [1.807, 2.05) is 45.0 Å². The second kappa shape index (κ2) is 7.31. The number of nitrogens with one attached hydrogen (secondary N) is 1. The van der Waals surface area contributed by atoms with Crippen LogP contribution in [0.2, 0.25) is 0 Å². The smallest absolute Gasteiger partial charge is 0.232 e. The van der Waals surface area contributed by atoms with Crippen LogP contribution in [0.1, 0.15) is 25.0 Å². The van der Waals surface area contributed by atoms with E-state index in [9.17, 15) is 9.00 Å². The molecule has 0 aliphatic heterocycles. The predicted molar refractivity (Wildman–Crippen MR) is 75.7 cm³/mol. The number of carbonyl (C=O) groups excluding carboxylic acids is 1. The lowest BCUT2D eigenvalue weighted by atomic mass is 10.1. The summed E-state index contributed by atoms with van der Waals surface area (Å²) in [5.41, 5.74) is 2.17. The quantitative estimate of drug-likeness (QED) is 0.857. The topological polar surface area (TPSA) is 46.2 Å². The van der Waals surface area contributed by atoms with Gasteiger partial charge in [0.15, 0.2) is 0 Å². The summed E-state index contributed by atoms with van der Waals surface area (Å²) in [7, 11) is -1.14. The summed E-state index contributed by atoms with van der Waals surface area (Å²) >= 11 is 0. The molecule has 0 aliphatic rings. The zero-order valence-electron chi connectivity index (χ0n) is 11.2. The highest BCUT2D eigenvalue weighted by Crippen LogP contribution is 2.09. The van der Waals surface area contributed by atoms with Crippen LogP contribution in [-0.4, -0.2) is 22.4 Å². The van der Waals surface area contributed by atoms with Gasteiger partial charge in [-0.05, 0) is 24.0 Å². The first-order valence-electron chi connectivity index (χ1n) is 6.15. The molecule has 0 spiro atoms. The zero-order valence-corrected chi connectivity index (χ0v) is 12.0. The molecular weight excluding hydrogens is 246 g/mol. The standard InChI is InChI=1S/C14H21NO2S/c1-11(2)8-15-14(16)10-18(17)9-13-7-5-4-6-12(13)3/h4-7,11H,8-10H2,1-3H3,(H,15,16). The Kier molecular flexibility index (Phi) is 6.05. The van der Waals surface area contributed by atoms with Crippen molar-refractivity contribution in [3.8, 4) is 0 Å². The second-order valence-electron chi connectivity index (χ2n) is 4.85. The molecule has 18 heavy (non-hydrogen) atoms. The third-order valence-electron chi connectivity index (χ3n) is 2.58. The number of hydrogen-bond donors (Lipinski definition) is 1. The number of amides is 1. The van der Waals surface area contributed by atoms with E-state index in [0.717, 1.165) is 11.1 Å². The van der Waals surface area contributed by atoms with Gasteiger partial charge in [-0.15, -0.1) is 0 Å². The van der Waals surface area contributed by atoms with Crippen LogP contribution >= 0.6 is 0 Å². The SMILES string of the molecule is Cc1ccccc1CS(=O)CC(=O)NCC(C)C. The highest BCUT2D eigenvalue weighted by Gasteiger charge is 2.09. The van der Waals surface area contributed by atoms with E-state index in [4.69, 9.17) is 0 Å². The van der Waals surface area contributed by atoms with Crippen molar-refractivity contribution in [2.24, 2.45) is 5.92 Å². The minimum absolute atomic E-state index is 0.0844. The van der Waals surface area contributed by atoms with Crippen molar-refractivity contribution < 1.29 is 9.00 Å². The molecule has 0 heterocycles. The van der Waals surface area contributed by atoms with Gasteiger partial charge in [0.05, 0.1) is 0 Å². The molecule has 100 valence electrons. The summed E-state index contributed by atoms with van der Waals surface area (Å²) < 4.78 is 11.9. The van der Waals surface area contributed by atoms with Gasteiger partial charge in [-0.2, -0.15) is 0 Å². The van der Waals surface area contributed by atoms with Gasteiger partial charge < -0.3 is 5.32 Å². The Bertz CT molecular complexity index is 430. The van der Waals surface area contributed by atoms with Crippen molar-refractivity contribution in [2.75, 3.05) is 12.3 Å². The van der Waals surface area contributed by atoms with Crippen LogP contribution in [0, 0.1) is 12.8 Å². The van der Waals surface area contributed by atoms with Gasteiger partial charge in [-0.1, -0.05) is 38.1 Å². The maximum absolute atomic E-state index is 11.9. The van der Waals surface area contributed by atoms with Crippen LogP contribution in [-0.2, 0) is 21.3 Å². The van der Waals surface area contributed by atoms with Gasteiger partial charge in [-0.3, -0.25) is 9.00 Å². The molecule has 0 bridgehead atoms. The summed E-state index contributed by atoms with van der Waals surface area (Å²) in [6.07, 6.45) is 0. The van der Waals surface area contributed by atoms with Crippen molar-refractivity contribution in [3.63, 3.8) is 0 Å². The molecular formula is C14H21NO2S. The van der Waals surface area contributed by atoms with Crippen molar-refractivity contribution in [1.82, 2.24) is 5.32 Å². The first kappa shape index (κ1) is 14.9. The summed E-state index contributed by atoms with van der Waals surface area (Å²) in [4.78, 5) is 11.5. The Hall–Kier alpha value is -1.16. The molecule has 4 heteroatoms. The van der Waals surface area contributed by atoms with E-state index in [0.29, 0.717) is 18.2 Å². The van der Waals surface area contributed by atoms with Crippen LogP contribution in [0.3, 0.4) is 0 Å². The highest BCUT2D eigenvalue weighted by atomic mass is 32.2. The summed E-state index contributed by atoms with van der Waals surface area (Å²) in [6, 6.07) is 7.83. The molecule has 1 unspecified atom stereocenters. The maximum Gasteiger partial charge on any atom is 0.232 e. The minimum Gasteiger partial charge on any atom is -0.355 e. The molecule has 1 atom stereocenters. The average molecular weight is 267 g/mol. The van der Waals surface area contributed by atoms with E-state index in [1.165, 1.54) is 0 Å². The summed E-state index contributed by atoms with van der Waals surface area (Å²) in [5.74, 6) is 0.817. The van der Waals surface area contributed by atoms with E-state index in [2.05, 4.69) is 5.32 Å². The Labute approximate surface area is 111 Å². The molecule has 3 nitrogen and oxygen atoms in total. The van der Waals surface area contributed by atoms with Gasteiger partial charge in [0, 0.05) is 23.1 Å². The molecule has 1 aromatic carbocycles. The number of benzene rings is 1. The molecule has 0 radical (unpaired) electrons. The monoisotopic (exact) mass is 267 g/mol. The zero-order chi connectivity index (χ0) is 13.5. The molecule has 0 aromatic heterocycles. The third kappa shape index (κ3) is 5.45. The summed E-state index contributed by atoms with van der Waals surface area (Å²) in [6.45, 7) is 6.70. The van der Waals surface area contributed by atoms with Crippen molar-refractivity contribution in [3.05, 3.63) is 35.4 Å². The van der Waals surface area contributed by atoms with Gasteiger partial charge in [0.2, 0.25) is 5.91 Å². The Balaban J connectivity index is 2.42. The molecule has 1 aromatic rings. The summed E-state index contributed by atoms with van der Waals surface area (Å²) in [5, 5.41) is 2.78. The third-order valence-corrected chi connectivity index (χ3v) is 3.79.